The van der Waals surface area contributed by atoms with Crippen LogP contribution in [0.1, 0.15) is 20.3 Å². The largest absolute Gasteiger partial charge is 0.394 e. The fourth-order valence-electron chi connectivity index (χ4n) is 12.8. The lowest BCUT2D eigenvalue weighted by atomic mass is 9.94. The van der Waals surface area contributed by atoms with Crippen molar-refractivity contribution in [3.8, 4) is 0 Å². The number of fused-ring (bicyclic) bond motifs is 8. The van der Waals surface area contributed by atoms with E-state index < -0.39 is 292 Å². The molecule has 17 aliphatic heterocycles. The van der Waals surface area contributed by atoms with Crippen LogP contribution in [0.5, 0.6) is 0 Å². The number of ether oxygens (including phenoxy) is 17. The first-order valence-electron chi connectivity index (χ1n) is 29.5. The highest BCUT2D eigenvalue weighted by atomic mass is 16.8. The number of nitrogens with one attached hydrogen (secondary N) is 1. The molecule has 14 bridgehead atoms. The highest BCUT2D eigenvalue weighted by molar-refractivity contribution is 5.03. The van der Waals surface area contributed by atoms with Crippen LogP contribution in [0.25, 0.3) is 0 Å². The van der Waals surface area contributed by atoms with Gasteiger partial charge in [-0.1, -0.05) is 0 Å². The van der Waals surface area contributed by atoms with Gasteiger partial charge in [0.05, 0.1) is 58.4 Å². The maximum Gasteiger partial charge on any atom is 0.190 e. The van der Waals surface area contributed by atoms with Gasteiger partial charge in [0.2, 0.25) is 0 Å². The Balaban J connectivity index is 0.940. The normalized spacial score (nSPS) is 54.5. The molecule has 0 aromatic rings. The molecular formula is C51H85NO38. The van der Waals surface area contributed by atoms with E-state index in [1.54, 1.807) is 13.8 Å². The lowest BCUT2D eigenvalue weighted by Crippen LogP contribution is -2.70. The predicted octanol–water partition coefficient (Wildman–Crippen LogP) is -15.0. The van der Waals surface area contributed by atoms with Crippen LogP contribution in [-0.4, -0.2) is 405 Å². The van der Waals surface area contributed by atoms with Crippen LogP contribution >= 0.6 is 0 Å². The molecule has 0 aromatic carbocycles. The van der Waals surface area contributed by atoms with Gasteiger partial charge in [0.1, 0.15) is 177 Å². The van der Waals surface area contributed by atoms with Crippen LogP contribution in [-0.2, 0) is 80.5 Å². The van der Waals surface area contributed by atoms with Crippen molar-refractivity contribution in [2.24, 2.45) is 0 Å². The highest BCUT2D eigenvalue weighted by Crippen LogP contribution is 2.41. The summed E-state index contributed by atoms with van der Waals surface area (Å²) in [6.45, 7) is -4.30. The molecule has 17 fully saturated rings. The lowest BCUT2D eigenvalue weighted by Gasteiger charge is -2.50. The van der Waals surface area contributed by atoms with Gasteiger partial charge >= 0.3 is 0 Å². The minimum atomic E-state index is -2.23. The van der Waals surface area contributed by atoms with Crippen LogP contribution < -0.4 is 5.32 Å². The number of aliphatic hydroxyl groups excluding tert-OH is 21. The first-order valence-corrected chi connectivity index (χ1v) is 29.5. The molecular weight excluding hydrogens is 1230 g/mol. The number of aliphatic hydroxyl groups is 21. The Labute approximate surface area is 510 Å². The van der Waals surface area contributed by atoms with E-state index in [4.69, 9.17) is 80.5 Å². The van der Waals surface area contributed by atoms with Crippen molar-refractivity contribution in [2.45, 2.75) is 266 Å². The van der Waals surface area contributed by atoms with Crippen molar-refractivity contribution in [1.29, 1.82) is 0 Å². The first-order chi connectivity index (χ1) is 42.8. The monoisotopic (exact) mass is 1320 g/mol. The molecule has 0 radical (unpaired) electrons. The average molecular weight is 1320 g/mol. The Hall–Kier alpha value is -1.56. The van der Waals surface area contributed by atoms with Crippen LogP contribution in [0, 0.1) is 0 Å². The number of hydrogen-bond acceptors (Lipinski definition) is 39. The summed E-state index contributed by atoms with van der Waals surface area (Å²) in [5, 5.41) is 238. The third-order valence-electron chi connectivity index (χ3n) is 17.7. The quantitative estimate of drug-likeness (QED) is 0.0913. The Kier molecular flexibility index (Phi) is 23.5. The summed E-state index contributed by atoms with van der Waals surface area (Å²) in [4.78, 5) is 0. The van der Waals surface area contributed by atoms with Crippen molar-refractivity contribution in [1.82, 2.24) is 5.32 Å². The average Bonchev–Trinajstić information content (AvgIpc) is 0.936. The molecule has 0 spiro atoms. The molecule has 0 aliphatic carbocycles. The van der Waals surface area contributed by atoms with Crippen molar-refractivity contribution in [3.05, 3.63) is 0 Å². The van der Waals surface area contributed by atoms with E-state index in [0.717, 1.165) is 0 Å². The van der Waals surface area contributed by atoms with Gasteiger partial charge in [0, 0.05) is 0 Å². The molecule has 0 amide bonds. The van der Waals surface area contributed by atoms with E-state index in [-0.39, 0.29) is 13.0 Å². The third kappa shape index (κ3) is 14.0. The van der Waals surface area contributed by atoms with E-state index in [1.807, 2.05) is 0 Å². The number of rotatable bonds is 11. The smallest absolute Gasteiger partial charge is 0.190 e. The Morgan fingerprint density at radius 3 is 0.733 bits per heavy atom. The van der Waals surface area contributed by atoms with Gasteiger partial charge in [-0.2, -0.15) is 0 Å². The third-order valence-corrected chi connectivity index (χ3v) is 17.7. The van der Waals surface area contributed by atoms with Gasteiger partial charge in [0.15, 0.2) is 56.1 Å². The maximum atomic E-state index is 12.3. The lowest BCUT2D eigenvalue weighted by molar-refractivity contribution is -0.396. The van der Waals surface area contributed by atoms with Crippen LogP contribution in [0.4, 0.5) is 0 Å². The fourth-order valence-corrected chi connectivity index (χ4v) is 12.8. The van der Waals surface area contributed by atoms with Gasteiger partial charge in [-0.15, -0.1) is 0 Å². The van der Waals surface area contributed by atoms with Gasteiger partial charge in [0.25, 0.3) is 0 Å². The summed E-state index contributed by atoms with van der Waals surface area (Å²) >= 11 is 0. The Morgan fingerprint density at radius 2 is 0.478 bits per heavy atom. The summed E-state index contributed by atoms with van der Waals surface area (Å²) < 4.78 is 99.3. The van der Waals surface area contributed by atoms with Crippen LogP contribution in [0.15, 0.2) is 0 Å². The minimum Gasteiger partial charge on any atom is -0.394 e. The summed E-state index contributed by atoms with van der Waals surface area (Å²) in [6, 6.07) is -1.60. The minimum absolute atomic E-state index is 0.0440. The van der Waals surface area contributed by atoms with Crippen molar-refractivity contribution < 1.29 is 188 Å². The van der Waals surface area contributed by atoms with Crippen molar-refractivity contribution in [2.75, 3.05) is 52.8 Å². The zero-order valence-electron chi connectivity index (χ0n) is 48.2. The summed E-state index contributed by atoms with van der Waals surface area (Å²) in [5.74, 6) is -1.08. The SMILES string of the molecule is CC1(C)O[C@H]2O[C@H](CCN[C@H]3[C@H]4O[C@H]5[C@H](O)[C@@H](O)[C@@H](O[C@H]6[C@H](O)[C@@H](O)[C@@H](O[C@H]7[C@H](O)[C@@H](O)[C@@H](O[C@H]8[C@H](O)[C@@H](O)[C@@H](O[C@H]9[C@H](O)[C@@H](O)[C@@H](O[C@H]%10[C@H](O)[C@@H](O)[C@@H](O[C@@H]([C@@H]3O)[C@@H](CO)O4)O[C@@H]%10CO)O[C@@H]9CO)O[C@@H]8CO)O[C@@H]7CO)O[C@@H]6CO)O[C@@H]5CO)[C@@H](O)[C@H]2O1. The van der Waals surface area contributed by atoms with Crippen LogP contribution in [0.3, 0.4) is 0 Å². The zero-order chi connectivity index (χ0) is 65.1. The zero-order valence-corrected chi connectivity index (χ0v) is 48.2. The second-order valence-corrected chi connectivity index (χ2v) is 24.1. The predicted molar refractivity (Wildman–Crippen MR) is 274 cm³/mol. The van der Waals surface area contributed by atoms with Gasteiger partial charge in [-0.05, 0) is 26.8 Å². The second-order valence-electron chi connectivity index (χ2n) is 24.1. The van der Waals surface area contributed by atoms with Crippen LogP contribution in [0.2, 0.25) is 0 Å². The summed E-state index contributed by atoms with van der Waals surface area (Å²) in [5.41, 5.74) is 0. The van der Waals surface area contributed by atoms with E-state index in [1.165, 1.54) is 0 Å². The number of hydrogen-bond donors (Lipinski definition) is 22. The molecule has 522 valence electrons. The van der Waals surface area contributed by atoms with E-state index in [9.17, 15) is 107 Å². The van der Waals surface area contributed by atoms with Gasteiger partial charge in [-0.25, -0.2) is 0 Å². The molecule has 0 aromatic heterocycles. The Morgan fingerprint density at radius 1 is 0.244 bits per heavy atom. The van der Waals surface area contributed by atoms with Crippen molar-refractivity contribution >= 4 is 0 Å². The molecule has 90 heavy (non-hydrogen) atoms. The molecule has 17 rings (SSSR count). The van der Waals surface area contributed by atoms with E-state index in [0.29, 0.717) is 0 Å². The molecule has 17 heterocycles. The van der Waals surface area contributed by atoms with Crippen molar-refractivity contribution in [3.63, 3.8) is 0 Å². The molecule has 0 saturated carbocycles. The molecule has 17 saturated heterocycles. The standard InChI is InChI=1S/C51H85NO38/c1-51(2)89-42-21(60)12(74-50(42)90-51)3-4-52-20-22(61)35-13(5-53)75-43(20)82-36-14(6-54)76-45(29(68)23(36)62)84-38-16(8-56)78-47(31(70)25(38)64)86-40-18(10-58)80-49(33(72)27(40)66)88-41-19(11-59)81-48(34(73)28(41)67)87-39-17(9-57)79-46(32(71)26(39)65)85-37-15(7-55)77-44(83-35)30(69)24(37)63/h12-50,52-73H,3-11H2,1-2H3/t12-,13-,14-,15-,16-,17-,18-,19-,20-,21-,22-,23-,24-,25-,26-,27-,28-,29-,30-,31-,32-,33-,34-,35-,36-,37-,38-,39-,40-,41-,42-,43-,44-,45-,46-,47-,48-,49-,50-/m1/s1. The summed E-state index contributed by atoms with van der Waals surface area (Å²) in [7, 11) is 0. The second kappa shape index (κ2) is 29.7. The molecule has 39 nitrogen and oxygen atoms in total. The van der Waals surface area contributed by atoms with Gasteiger partial charge < -0.3 is 193 Å². The molecule has 39 atom stereocenters. The maximum absolute atomic E-state index is 12.3. The summed E-state index contributed by atoms with van der Waals surface area (Å²) in [6.07, 6.45) is -72.1. The molecule has 17 aliphatic rings. The topological polar surface area (TPSA) is 594 Å². The highest BCUT2D eigenvalue weighted by Gasteiger charge is 2.61. The van der Waals surface area contributed by atoms with E-state index in [2.05, 4.69) is 5.32 Å². The van der Waals surface area contributed by atoms with E-state index >= 15 is 0 Å². The Bertz CT molecular complexity index is 2250. The molecule has 0 unspecified atom stereocenters. The molecule has 39 heteroatoms. The molecule has 22 N–H and O–H groups in total. The first kappa shape index (κ1) is 71.2. The van der Waals surface area contributed by atoms with Gasteiger partial charge in [-0.3, -0.25) is 0 Å². The fraction of sp³-hybridized carbons (Fsp3) is 1.00.